The van der Waals surface area contributed by atoms with Crippen LogP contribution in [0.4, 0.5) is 17.3 Å². The van der Waals surface area contributed by atoms with Gasteiger partial charge >= 0.3 is 0 Å². The monoisotopic (exact) mass is 484 g/mol. The number of ketones is 1. The molecular weight excluding hydrogens is 456 g/mol. The third-order valence-corrected chi connectivity index (χ3v) is 6.71. The topological polar surface area (TPSA) is 134 Å². The molecule has 3 heterocycles. The molecule has 3 N–H and O–H groups in total. The first kappa shape index (κ1) is 23.6. The first-order chi connectivity index (χ1) is 16.3. The Kier molecular flexibility index (Phi) is 7.08. The van der Waals surface area contributed by atoms with Crippen LogP contribution in [0, 0.1) is 0 Å². The van der Waals surface area contributed by atoms with E-state index in [4.69, 9.17) is 0 Å². The molecule has 34 heavy (non-hydrogen) atoms. The smallest absolute Gasteiger partial charge is 0.221 e. The standard InChI is InChI=1S/C22H28N8O3S/c1-29-22(26-13-16-5-3-4-6-20(16)34(2,32)33)27-21(28-29)19(31)15-25-17-14-24-8-7-18(17)30-11-9-23-10-12-30/h3-8,14,23,25H,9-13,15H2,1-2H3,(H,26,27,28). The van der Waals surface area contributed by atoms with Gasteiger partial charge in [-0.15, -0.1) is 5.10 Å². The van der Waals surface area contributed by atoms with Crippen molar-refractivity contribution in [3.8, 4) is 0 Å². The molecule has 0 atom stereocenters. The summed E-state index contributed by atoms with van der Waals surface area (Å²) in [5, 5.41) is 13.8. The minimum absolute atomic E-state index is 0.0190. The summed E-state index contributed by atoms with van der Waals surface area (Å²) in [5.74, 6) is 0.173. The fourth-order valence-electron chi connectivity index (χ4n) is 3.80. The van der Waals surface area contributed by atoms with Gasteiger partial charge in [0, 0.05) is 52.2 Å². The molecule has 0 aliphatic carbocycles. The zero-order valence-electron chi connectivity index (χ0n) is 19.2. The van der Waals surface area contributed by atoms with E-state index >= 15 is 0 Å². The predicted octanol–water partition coefficient (Wildman–Crippen LogP) is 0.930. The molecule has 0 spiro atoms. The summed E-state index contributed by atoms with van der Waals surface area (Å²) in [5.41, 5.74) is 2.40. The number of pyridine rings is 1. The lowest BCUT2D eigenvalue weighted by molar-refractivity contribution is 0.0996. The van der Waals surface area contributed by atoms with E-state index in [9.17, 15) is 13.2 Å². The second-order valence-electron chi connectivity index (χ2n) is 8.02. The first-order valence-corrected chi connectivity index (χ1v) is 12.8. The van der Waals surface area contributed by atoms with Crippen molar-refractivity contribution in [2.75, 3.05) is 54.5 Å². The van der Waals surface area contributed by atoms with Crippen molar-refractivity contribution in [2.45, 2.75) is 11.4 Å². The minimum Gasteiger partial charge on any atom is -0.375 e. The largest absolute Gasteiger partial charge is 0.375 e. The number of sulfone groups is 1. The lowest BCUT2D eigenvalue weighted by atomic mass is 10.2. The van der Waals surface area contributed by atoms with Gasteiger partial charge in [-0.05, 0) is 17.7 Å². The molecule has 12 heteroatoms. The Bertz CT molecular complexity index is 1270. The van der Waals surface area contributed by atoms with Crippen LogP contribution in [-0.4, -0.2) is 72.9 Å². The first-order valence-electron chi connectivity index (χ1n) is 10.9. The van der Waals surface area contributed by atoms with Crippen molar-refractivity contribution in [3.63, 3.8) is 0 Å². The molecule has 1 saturated heterocycles. The van der Waals surface area contributed by atoms with Crippen molar-refractivity contribution in [1.82, 2.24) is 25.1 Å². The zero-order chi connectivity index (χ0) is 24.1. The van der Waals surface area contributed by atoms with E-state index < -0.39 is 9.84 Å². The summed E-state index contributed by atoms with van der Waals surface area (Å²) in [6.07, 6.45) is 4.63. The number of nitrogens with zero attached hydrogens (tertiary/aromatic N) is 5. The van der Waals surface area contributed by atoms with E-state index in [1.807, 2.05) is 6.07 Å². The number of Topliss-reactive ketones (excluding diaryl/α,β-unsaturated/α-hetero) is 1. The number of carbonyl (C=O) groups is 1. The van der Waals surface area contributed by atoms with Crippen LogP contribution in [-0.2, 0) is 23.4 Å². The Morgan fingerprint density at radius 3 is 2.68 bits per heavy atom. The Balaban J connectivity index is 1.41. The molecule has 180 valence electrons. The third kappa shape index (κ3) is 5.51. The molecule has 0 saturated carbocycles. The van der Waals surface area contributed by atoms with Crippen LogP contribution in [0.25, 0.3) is 0 Å². The van der Waals surface area contributed by atoms with Crippen molar-refractivity contribution < 1.29 is 13.2 Å². The van der Waals surface area contributed by atoms with Gasteiger partial charge in [-0.3, -0.25) is 9.78 Å². The molecule has 3 aromatic rings. The van der Waals surface area contributed by atoms with Gasteiger partial charge < -0.3 is 20.9 Å². The number of rotatable bonds is 9. The Labute approximate surface area is 198 Å². The van der Waals surface area contributed by atoms with Crippen molar-refractivity contribution in [3.05, 3.63) is 54.1 Å². The van der Waals surface area contributed by atoms with Crippen LogP contribution in [0.1, 0.15) is 16.2 Å². The van der Waals surface area contributed by atoms with E-state index in [1.165, 1.54) is 10.9 Å². The second-order valence-corrected chi connectivity index (χ2v) is 10.0. The number of piperazine rings is 1. The number of nitrogens with one attached hydrogen (secondary N) is 3. The maximum Gasteiger partial charge on any atom is 0.221 e. The van der Waals surface area contributed by atoms with Crippen LogP contribution in [0.15, 0.2) is 47.6 Å². The number of hydrogen-bond donors (Lipinski definition) is 3. The molecule has 0 unspecified atom stereocenters. The predicted molar refractivity (Wildman–Crippen MR) is 130 cm³/mol. The summed E-state index contributed by atoms with van der Waals surface area (Å²) < 4.78 is 25.5. The van der Waals surface area contributed by atoms with Crippen LogP contribution in [0.2, 0.25) is 0 Å². The fraction of sp³-hybridized carbons (Fsp3) is 0.364. The Morgan fingerprint density at radius 2 is 1.91 bits per heavy atom. The zero-order valence-corrected chi connectivity index (χ0v) is 20.0. The molecule has 0 radical (unpaired) electrons. The SMILES string of the molecule is Cn1nc(C(=O)CNc2cnccc2N2CCNCC2)nc1NCc1ccccc1S(C)(=O)=O. The minimum atomic E-state index is -3.36. The highest BCUT2D eigenvalue weighted by atomic mass is 32.2. The summed E-state index contributed by atoms with van der Waals surface area (Å²) in [6.45, 7) is 3.82. The number of aryl methyl sites for hydroxylation is 1. The maximum absolute atomic E-state index is 12.8. The van der Waals surface area contributed by atoms with E-state index in [-0.39, 0.29) is 29.6 Å². The van der Waals surface area contributed by atoms with Crippen molar-refractivity contribution >= 4 is 32.9 Å². The van der Waals surface area contributed by atoms with Crippen LogP contribution in [0.5, 0.6) is 0 Å². The van der Waals surface area contributed by atoms with Gasteiger partial charge in [-0.25, -0.2) is 13.1 Å². The molecule has 4 rings (SSSR count). The molecule has 1 aromatic carbocycles. The van der Waals surface area contributed by atoms with Gasteiger partial charge in [0.25, 0.3) is 0 Å². The number of anilines is 3. The fourth-order valence-corrected chi connectivity index (χ4v) is 4.74. The van der Waals surface area contributed by atoms with Crippen molar-refractivity contribution in [1.29, 1.82) is 0 Å². The molecular formula is C22H28N8O3S. The number of benzene rings is 1. The quantitative estimate of drug-likeness (QED) is 0.377. The lowest BCUT2D eigenvalue weighted by Crippen LogP contribution is -2.43. The average Bonchev–Trinajstić information content (AvgIpc) is 3.22. The van der Waals surface area contributed by atoms with Gasteiger partial charge in [-0.1, -0.05) is 18.2 Å². The summed E-state index contributed by atoms with van der Waals surface area (Å²) in [6, 6.07) is 8.70. The molecule has 1 aliphatic heterocycles. The van der Waals surface area contributed by atoms with E-state index in [2.05, 4.69) is 35.9 Å². The lowest BCUT2D eigenvalue weighted by Gasteiger charge is -2.30. The highest BCUT2D eigenvalue weighted by molar-refractivity contribution is 7.90. The Morgan fingerprint density at radius 1 is 1.15 bits per heavy atom. The maximum atomic E-state index is 12.8. The van der Waals surface area contributed by atoms with Gasteiger partial charge in [0.05, 0.1) is 29.0 Å². The third-order valence-electron chi connectivity index (χ3n) is 5.52. The van der Waals surface area contributed by atoms with Gasteiger partial charge in [-0.2, -0.15) is 4.98 Å². The number of carbonyl (C=O) groups excluding carboxylic acids is 1. The molecule has 0 amide bonds. The van der Waals surface area contributed by atoms with E-state index in [0.29, 0.717) is 11.5 Å². The summed E-state index contributed by atoms with van der Waals surface area (Å²) in [4.78, 5) is 23.8. The van der Waals surface area contributed by atoms with Crippen LogP contribution < -0.4 is 20.9 Å². The highest BCUT2D eigenvalue weighted by Crippen LogP contribution is 2.24. The van der Waals surface area contributed by atoms with E-state index in [1.54, 1.807) is 43.7 Å². The second kappa shape index (κ2) is 10.2. The van der Waals surface area contributed by atoms with Gasteiger partial charge in [0.15, 0.2) is 9.84 Å². The van der Waals surface area contributed by atoms with Crippen LogP contribution >= 0.6 is 0 Å². The van der Waals surface area contributed by atoms with Gasteiger partial charge in [0.1, 0.15) is 0 Å². The van der Waals surface area contributed by atoms with Crippen molar-refractivity contribution in [2.24, 2.45) is 7.05 Å². The Hall–Kier alpha value is -3.51. The normalized spacial score (nSPS) is 14.1. The molecule has 11 nitrogen and oxygen atoms in total. The summed E-state index contributed by atoms with van der Waals surface area (Å²) in [7, 11) is -1.69. The molecule has 2 aromatic heterocycles. The summed E-state index contributed by atoms with van der Waals surface area (Å²) >= 11 is 0. The number of hydrogen-bond acceptors (Lipinski definition) is 10. The number of aromatic nitrogens is 4. The molecule has 0 bridgehead atoms. The van der Waals surface area contributed by atoms with Crippen LogP contribution in [0.3, 0.4) is 0 Å². The van der Waals surface area contributed by atoms with E-state index in [0.717, 1.165) is 37.6 Å². The van der Waals surface area contributed by atoms with Gasteiger partial charge in [0.2, 0.25) is 17.6 Å². The molecule has 1 fully saturated rings. The average molecular weight is 485 g/mol. The highest BCUT2D eigenvalue weighted by Gasteiger charge is 2.18. The molecule has 1 aliphatic rings.